The van der Waals surface area contributed by atoms with Crippen molar-refractivity contribution in [3.8, 4) is 0 Å². The fourth-order valence-corrected chi connectivity index (χ4v) is 1.68. The van der Waals surface area contributed by atoms with E-state index < -0.39 is 16.6 Å². The Labute approximate surface area is 189 Å². The number of rotatable bonds is 12. The second-order valence-electron chi connectivity index (χ2n) is 8.80. The van der Waals surface area contributed by atoms with E-state index in [9.17, 15) is 14.4 Å². The zero-order valence-corrected chi connectivity index (χ0v) is 20.2. The van der Waals surface area contributed by atoms with Crippen molar-refractivity contribution in [1.29, 1.82) is 0 Å². The molecule has 0 bridgehead atoms. The minimum atomic E-state index is -1.14. The van der Waals surface area contributed by atoms with Gasteiger partial charge in [-0.25, -0.2) is 0 Å². The van der Waals surface area contributed by atoms with Crippen molar-refractivity contribution < 1.29 is 34.8 Å². The summed E-state index contributed by atoms with van der Waals surface area (Å²) in [4.78, 5) is 34.7. The summed E-state index contributed by atoms with van der Waals surface area (Å²) < 4.78 is 0. The molecule has 0 aromatic heterocycles. The van der Waals surface area contributed by atoms with Crippen molar-refractivity contribution in [3.63, 3.8) is 0 Å². The third-order valence-corrected chi connectivity index (χ3v) is 4.10. The van der Waals surface area contributed by atoms with Crippen LogP contribution in [0.5, 0.6) is 0 Å². The van der Waals surface area contributed by atoms with E-state index in [4.69, 9.17) is 20.4 Å². The molecule has 0 saturated carbocycles. The molecule has 12 heteroatoms. The van der Waals surface area contributed by atoms with Gasteiger partial charge >= 0.3 is 0 Å². The van der Waals surface area contributed by atoms with Crippen LogP contribution in [0, 0.1) is 5.92 Å². The van der Waals surface area contributed by atoms with Crippen molar-refractivity contribution in [2.24, 2.45) is 16.1 Å². The summed E-state index contributed by atoms with van der Waals surface area (Å²) in [6.07, 6.45) is 0. The van der Waals surface area contributed by atoms with Crippen LogP contribution >= 0.6 is 0 Å². The fraction of sp³-hybridized carbons (Fsp3) is 0.850. The van der Waals surface area contributed by atoms with Gasteiger partial charge in [-0.3, -0.25) is 14.4 Å². The highest BCUT2D eigenvalue weighted by molar-refractivity contribution is 5.86. The second-order valence-corrected chi connectivity index (χ2v) is 8.80. The number of nitrogens with one attached hydrogen (secondary N) is 3. The molecule has 3 amide bonds. The van der Waals surface area contributed by atoms with Gasteiger partial charge in [-0.2, -0.15) is 10.2 Å². The van der Waals surface area contributed by atoms with Gasteiger partial charge in [0.1, 0.15) is 0 Å². The van der Waals surface area contributed by atoms with Gasteiger partial charge < -0.3 is 36.4 Å². The van der Waals surface area contributed by atoms with Gasteiger partial charge in [0.25, 0.3) is 0 Å². The van der Waals surface area contributed by atoms with E-state index >= 15 is 0 Å². The van der Waals surface area contributed by atoms with Gasteiger partial charge in [-0.1, -0.05) is 13.8 Å². The van der Waals surface area contributed by atoms with Gasteiger partial charge in [-0.15, -0.1) is 0 Å². The molecule has 0 aliphatic rings. The van der Waals surface area contributed by atoms with Crippen LogP contribution in [0.3, 0.4) is 0 Å². The summed E-state index contributed by atoms with van der Waals surface area (Å²) >= 11 is 0. The lowest BCUT2D eigenvalue weighted by atomic mass is 10.0. The average molecular weight is 464 g/mol. The molecule has 0 unspecified atom stereocenters. The SMILES string of the molecule is CC(C)(N=NC(C)(C)C(=O)NCCO)C(=O)NCCO.CC(C)C(=O)NC(C)(CO)CO. The number of carbonyl (C=O) groups is 3. The van der Waals surface area contributed by atoms with Gasteiger partial charge in [0, 0.05) is 19.0 Å². The van der Waals surface area contributed by atoms with Crippen LogP contribution in [0.25, 0.3) is 0 Å². The van der Waals surface area contributed by atoms with Crippen molar-refractivity contribution in [3.05, 3.63) is 0 Å². The molecule has 32 heavy (non-hydrogen) atoms. The average Bonchev–Trinajstić information content (AvgIpc) is 2.74. The Hall–Kier alpha value is -2.15. The molecule has 7 N–H and O–H groups in total. The standard InChI is InChI=1S/C12H24N4O4.C8H17NO3/c1-11(2,9(19)13-5-7-17)15-16-12(3,4)10(20)14-6-8-18;1-6(2)7(12)9-8(3,4-10)5-11/h17-18H,5-8H2,1-4H3,(H,13,19)(H,14,20);6,10-11H,4-5H2,1-3H3,(H,9,12). The Morgan fingerprint density at radius 1 is 0.750 bits per heavy atom. The van der Waals surface area contributed by atoms with Crippen molar-refractivity contribution in [1.82, 2.24) is 16.0 Å². The van der Waals surface area contributed by atoms with Crippen LogP contribution in [-0.2, 0) is 14.4 Å². The summed E-state index contributed by atoms with van der Waals surface area (Å²) in [7, 11) is 0. The molecule has 0 aliphatic heterocycles. The van der Waals surface area contributed by atoms with Crippen LogP contribution in [-0.4, -0.2) is 94.3 Å². The Kier molecular flexibility index (Phi) is 14.8. The summed E-state index contributed by atoms with van der Waals surface area (Å²) in [5.74, 6) is -1.08. The summed E-state index contributed by atoms with van der Waals surface area (Å²) in [5, 5.41) is 50.4. The molecular weight excluding hydrogens is 422 g/mol. The van der Waals surface area contributed by atoms with Crippen molar-refractivity contribution in [2.75, 3.05) is 39.5 Å². The number of aliphatic hydroxyl groups is 4. The van der Waals surface area contributed by atoms with Gasteiger partial charge in [0.2, 0.25) is 17.7 Å². The summed E-state index contributed by atoms with van der Waals surface area (Å²) in [6.45, 7) is 10.8. The zero-order chi connectivity index (χ0) is 25.6. The molecule has 0 aromatic rings. The van der Waals surface area contributed by atoms with Crippen LogP contribution in [0.1, 0.15) is 48.5 Å². The first-order chi connectivity index (χ1) is 14.6. The topological polar surface area (TPSA) is 193 Å². The van der Waals surface area contributed by atoms with Crippen molar-refractivity contribution >= 4 is 17.7 Å². The molecule has 0 atom stereocenters. The summed E-state index contributed by atoms with van der Waals surface area (Å²) in [5.41, 5.74) is -3.17. The van der Waals surface area contributed by atoms with Crippen molar-refractivity contribution in [2.45, 2.75) is 65.1 Å². The van der Waals surface area contributed by atoms with Gasteiger partial charge in [-0.05, 0) is 34.6 Å². The first-order valence-corrected chi connectivity index (χ1v) is 10.4. The van der Waals surface area contributed by atoms with E-state index in [1.807, 2.05) is 0 Å². The zero-order valence-electron chi connectivity index (χ0n) is 20.2. The number of amides is 3. The Bertz CT molecular complexity index is 583. The van der Waals surface area contributed by atoms with Crippen LogP contribution in [0.15, 0.2) is 10.2 Å². The molecule has 188 valence electrons. The number of nitrogens with zero attached hydrogens (tertiary/aromatic N) is 2. The third-order valence-electron chi connectivity index (χ3n) is 4.10. The second kappa shape index (κ2) is 14.8. The molecule has 12 nitrogen and oxygen atoms in total. The van der Waals surface area contributed by atoms with Gasteiger partial charge in [0.05, 0.1) is 32.0 Å². The first-order valence-electron chi connectivity index (χ1n) is 10.4. The van der Waals surface area contributed by atoms with Crippen LogP contribution in [0.4, 0.5) is 0 Å². The van der Waals surface area contributed by atoms with E-state index in [0.717, 1.165) is 0 Å². The highest BCUT2D eigenvalue weighted by atomic mass is 16.3. The van der Waals surface area contributed by atoms with E-state index in [2.05, 4.69) is 26.2 Å². The smallest absolute Gasteiger partial charge is 0.249 e. The number of aliphatic hydroxyl groups excluding tert-OH is 4. The fourth-order valence-electron chi connectivity index (χ4n) is 1.68. The van der Waals surface area contributed by atoms with E-state index in [1.165, 1.54) is 0 Å². The molecule has 0 radical (unpaired) electrons. The number of carbonyl (C=O) groups excluding carboxylic acids is 3. The summed E-state index contributed by atoms with van der Waals surface area (Å²) in [6, 6.07) is 0. The van der Waals surface area contributed by atoms with E-state index in [-0.39, 0.29) is 63.2 Å². The van der Waals surface area contributed by atoms with E-state index in [1.54, 1.807) is 48.5 Å². The Morgan fingerprint density at radius 2 is 1.09 bits per heavy atom. The van der Waals surface area contributed by atoms with Gasteiger partial charge in [0.15, 0.2) is 11.1 Å². The molecule has 0 heterocycles. The highest BCUT2D eigenvalue weighted by Crippen LogP contribution is 2.16. The van der Waals surface area contributed by atoms with Crippen LogP contribution < -0.4 is 16.0 Å². The predicted octanol–water partition coefficient (Wildman–Crippen LogP) is -1.29. The maximum Gasteiger partial charge on any atom is 0.249 e. The third kappa shape index (κ3) is 12.6. The quantitative estimate of drug-likeness (QED) is 0.175. The van der Waals surface area contributed by atoms with Crippen LogP contribution in [0.2, 0.25) is 0 Å². The lowest BCUT2D eigenvalue weighted by Crippen LogP contribution is -2.52. The molecule has 0 spiro atoms. The number of hydrogen-bond donors (Lipinski definition) is 7. The lowest BCUT2D eigenvalue weighted by Gasteiger charge is -2.27. The number of azo groups is 1. The predicted molar refractivity (Wildman–Crippen MR) is 119 cm³/mol. The first kappa shape index (κ1) is 32.0. The maximum absolute atomic E-state index is 11.8. The minimum absolute atomic E-state index is 0.137. The molecule has 0 fully saturated rings. The van der Waals surface area contributed by atoms with E-state index in [0.29, 0.717) is 0 Å². The lowest BCUT2D eigenvalue weighted by molar-refractivity contribution is -0.127. The maximum atomic E-state index is 11.8. The normalized spacial score (nSPS) is 12.2. The Balaban J connectivity index is 0. The molecular formula is C20H41N5O7. The monoisotopic (exact) mass is 463 g/mol. The Morgan fingerprint density at radius 3 is 1.34 bits per heavy atom. The molecule has 0 aromatic carbocycles. The molecule has 0 saturated heterocycles. The molecule has 0 aliphatic carbocycles. The number of hydrogen-bond acceptors (Lipinski definition) is 9. The largest absolute Gasteiger partial charge is 0.395 e. The molecule has 0 rings (SSSR count). The minimum Gasteiger partial charge on any atom is -0.395 e. The highest BCUT2D eigenvalue weighted by Gasteiger charge is 2.31.